The van der Waals surface area contributed by atoms with Crippen molar-refractivity contribution in [1.29, 1.82) is 0 Å². The number of aromatic nitrogens is 3. The predicted octanol–water partition coefficient (Wildman–Crippen LogP) is 2.85. The zero-order chi connectivity index (χ0) is 13.2. The van der Waals surface area contributed by atoms with E-state index in [-0.39, 0.29) is 0 Å². The van der Waals surface area contributed by atoms with E-state index in [0.29, 0.717) is 5.92 Å². The number of nitrogens with zero attached hydrogens (tertiary/aromatic N) is 3. The summed E-state index contributed by atoms with van der Waals surface area (Å²) in [7, 11) is 0. The zero-order valence-corrected chi connectivity index (χ0v) is 12.5. The highest BCUT2D eigenvalue weighted by molar-refractivity contribution is 9.10. The Balaban J connectivity index is 1.64. The van der Waals surface area contributed by atoms with Crippen LogP contribution in [-0.2, 0) is 6.54 Å². The average molecular weight is 325 g/mol. The molecule has 0 amide bonds. The summed E-state index contributed by atoms with van der Waals surface area (Å²) in [4.78, 5) is 6.86. The molecule has 1 aliphatic heterocycles. The van der Waals surface area contributed by atoms with Crippen LogP contribution in [0, 0.1) is 6.92 Å². The van der Waals surface area contributed by atoms with Crippen molar-refractivity contribution in [3.8, 4) is 0 Å². The Bertz CT molecular complexity index is 550. The van der Waals surface area contributed by atoms with E-state index in [1.165, 1.54) is 6.42 Å². The minimum atomic E-state index is 0.428. The van der Waals surface area contributed by atoms with Gasteiger partial charge in [0.25, 0.3) is 0 Å². The van der Waals surface area contributed by atoms with Crippen LogP contribution in [0.1, 0.15) is 36.2 Å². The Kier molecular flexibility index (Phi) is 3.70. The summed E-state index contributed by atoms with van der Waals surface area (Å²) in [5, 5.41) is 7.22. The summed E-state index contributed by atoms with van der Waals surface area (Å²) in [6, 6.07) is 3.96. The number of hydrogen-bond acceptors (Lipinski definition) is 4. The quantitative estimate of drug-likeness (QED) is 0.943. The molecule has 1 N–H and O–H groups in total. The number of halogens is 1. The molecule has 2 aromatic rings. The third kappa shape index (κ3) is 3.06. The van der Waals surface area contributed by atoms with Gasteiger partial charge in [-0.1, -0.05) is 0 Å². The molecule has 0 saturated carbocycles. The van der Waals surface area contributed by atoms with Gasteiger partial charge in [0.05, 0.1) is 6.54 Å². The van der Waals surface area contributed by atoms with E-state index < -0.39 is 0 Å². The number of aryl methyl sites for hydroxylation is 1. The van der Waals surface area contributed by atoms with Crippen molar-refractivity contribution >= 4 is 15.9 Å². The molecular formula is C13H17BrN4O. The fraction of sp³-hybridized carbons (Fsp3) is 0.538. The van der Waals surface area contributed by atoms with Crippen LogP contribution in [0.15, 0.2) is 21.2 Å². The lowest BCUT2D eigenvalue weighted by molar-refractivity contribution is 0.183. The normalized spacial score (nSPS) is 20.8. The third-order valence-electron chi connectivity index (χ3n) is 3.49. The second-order valence-electron chi connectivity index (χ2n) is 5.06. The van der Waals surface area contributed by atoms with Crippen LogP contribution < -0.4 is 0 Å². The lowest BCUT2D eigenvalue weighted by atomic mass is 9.97. The molecule has 1 atom stereocenters. The van der Waals surface area contributed by atoms with Crippen molar-refractivity contribution in [2.24, 2.45) is 0 Å². The van der Waals surface area contributed by atoms with Crippen LogP contribution in [0.25, 0.3) is 0 Å². The van der Waals surface area contributed by atoms with E-state index in [9.17, 15) is 0 Å². The first-order valence-electron chi connectivity index (χ1n) is 6.56. The van der Waals surface area contributed by atoms with Gasteiger partial charge in [0.1, 0.15) is 11.6 Å². The first kappa shape index (κ1) is 12.9. The number of likely N-dealkylation sites (tertiary alicyclic amines) is 1. The predicted molar refractivity (Wildman–Crippen MR) is 74.8 cm³/mol. The van der Waals surface area contributed by atoms with Gasteiger partial charge in [-0.25, -0.2) is 4.98 Å². The molecule has 0 spiro atoms. The lowest BCUT2D eigenvalue weighted by Crippen LogP contribution is -2.34. The van der Waals surface area contributed by atoms with Crippen LogP contribution in [0.5, 0.6) is 0 Å². The van der Waals surface area contributed by atoms with Crippen LogP contribution in [0.2, 0.25) is 0 Å². The van der Waals surface area contributed by atoms with Crippen molar-refractivity contribution in [3.63, 3.8) is 0 Å². The van der Waals surface area contributed by atoms with Gasteiger partial charge in [0, 0.05) is 12.5 Å². The van der Waals surface area contributed by atoms with Crippen molar-refractivity contribution < 1.29 is 4.42 Å². The van der Waals surface area contributed by atoms with E-state index >= 15 is 0 Å². The summed E-state index contributed by atoms with van der Waals surface area (Å²) >= 11 is 3.34. The Labute approximate surface area is 120 Å². The highest BCUT2D eigenvalue weighted by Gasteiger charge is 2.24. The van der Waals surface area contributed by atoms with Crippen molar-refractivity contribution in [3.05, 3.63) is 34.2 Å². The number of piperidine rings is 1. The van der Waals surface area contributed by atoms with Gasteiger partial charge >= 0.3 is 0 Å². The number of hydrogen-bond donors (Lipinski definition) is 1. The number of H-pyrrole nitrogens is 1. The minimum absolute atomic E-state index is 0.428. The molecule has 0 aliphatic carbocycles. The van der Waals surface area contributed by atoms with Crippen LogP contribution in [-0.4, -0.2) is 33.2 Å². The molecule has 3 heterocycles. The summed E-state index contributed by atoms with van der Waals surface area (Å²) in [5.41, 5.74) is 0. The smallest absolute Gasteiger partial charge is 0.169 e. The third-order valence-corrected chi connectivity index (χ3v) is 3.92. The fourth-order valence-corrected chi connectivity index (χ4v) is 2.95. The van der Waals surface area contributed by atoms with Crippen molar-refractivity contribution in [2.45, 2.75) is 32.2 Å². The first-order valence-corrected chi connectivity index (χ1v) is 7.35. The number of rotatable bonds is 3. The molecule has 1 unspecified atom stereocenters. The lowest BCUT2D eigenvalue weighted by Gasteiger charge is -2.30. The molecule has 5 nitrogen and oxygen atoms in total. The zero-order valence-electron chi connectivity index (χ0n) is 10.9. The Morgan fingerprint density at radius 1 is 1.53 bits per heavy atom. The molecule has 2 aromatic heterocycles. The van der Waals surface area contributed by atoms with E-state index in [1.54, 1.807) is 0 Å². The number of aromatic amines is 1. The molecule has 0 radical (unpaired) electrons. The molecule has 1 saturated heterocycles. The van der Waals surface area contributed by atoms with Crippen LogP contribution in [0.4, 0.5) is 0 Å². The maximum Gasteiger partial charge on any atom is 0.169 e. The van der Waals surface area contributed by atoms with E-state index in [0.717, 1.165) is 48.1 Å². The van der Waals surface area contributed by atoms with Gasteiger partial charge in [-0.05, 0) is 54.4 Å². The highest BCUT2D eigenvalue weighted by Crippen LogP contribution is 2.26. The molecular weight excluding hydrogens is 308 g/mol. The largest absolute Gasteiger partial charge is 0.453 e. The van der Waals surface area contributed by atoms with E-state index in [2.05, 4.69) is 36.0 Å². The number of furan rings is 1. The van der Waals surface area contributed by atoms with Crippen LogP contribution in [0.3, 0.4) is 0 Å². The van der Waals surface area contributed by atoms with Gasteiger partial charge in [-0.2, -0.15) is 5.10 Å². The Morgan fingerprint density at radius 3 is 3.11 bits per heavy atom. The molecule has 3 rings (SSSR count). The molecule has 1 aliphatic rings. The summed E-state index contributed by atoms with van der Waals surface area (Å²) in [6.45, 7) is 4.90. The van der Waals surface area contributed by atoms with Crippen LogP contribution >= 0.6 is 15.9 Å². The van der Waals surface area contributed by atoms with Crippen molar-refractivity contribution in [2.75, 3.05) is 13.1 Å². The standard InChI is InChI=1S/C13H17BrN4O/c1-9-15-13(17-16-9)10-3-2-6-18(7-10)8-11-4-5-12(14)19-11/h4-5,10H,2-3,6-8H2,1H3,(H,15,16,17). The molecule has 6 heteroatoms. The van der Waals surface area contributed by atoms with Crippen molar-refractivity contribution in [1.82, 2.24) is 20.1 Å². The molecule has 102 valence electrons. The molecule has 1 fully saturated rings. The maximum absolute atomic E-state index is 5.57. The van der Waals surface area contributed by atoms with E-state index in [1.807, 2.05) is 19.1 Å². The Hall–Kier alpha value is -1.14. The second-order valence-corrected chi connectivity index (χ2v) is 5.84. The van der Waals surface area contributed by atoms with Gasteiger partial charge in [-0.3, -0.25) is 10.00 Å². The molecule has 0 bridgehead atoms. The fourth-order valence-electron chi connectivity index (χ4n) is 2.61. The molecule has 0 aromatic carbocycles. The average Bonchev–Trinajstić information content (AvgIpc) is 2.99. The summed E-state index contributed by atoms with van der Waals surface area (Å²) in [5.74, 6) is 3.26. The minimum Gasteiger partial charge on any atom is -0.453 e. The topological polar surface area (TPSA) is 58.0 Å². The van der Waals surface area contributed by atoms with Gasteiger partial charge < -0.3 is 4.42 Å². The summed E-state index contributed by atoms with van der Waals surface area (Å²) < 4.78 is 6.36. The Morgan fingerprint density at radius 2 is 2.42 bits per heavy atom. The summed E-state index contributed by atoms with van der Waals surface area (Å²) in [6.07, 6.45) is 2.34. The van der Waals surface area contributed by atoms with Gasteiger partial charge in [0.15, 0.2) is 10.5 Å². The van der Waals surface area contributed by atoms with Gasteiger partial charge in [0.2, 0.25) is 0 Å². The van der Waals surface area contributed by atoms with Gasteiger partial charge in [-0.15, -0.1) is 0 Å². The molecule has 19 heavy (non-hydrogen) atoms. The van der Waals surface area contributed by atoms with E-state index in [4.69, 9.17) is 4.42 Å². The number of nitrogens with one attached hydrogen (secondary N) is 1. The highest BCUT2D eigenvalue weighted by atomic mass is 79.9. The second kappa shape index (κ2) is 5.46. The first-order chi connectivity index (χ1) is 9.20. The SMILES string of the molecule is Cc1nc(C2CCCN(Cc3ccc(Br)o3)C2)n[nH]1. The maximum atomic E-state index is 5.57. The monoisotopic (exact) mass is 324 g/mol.